The van der Waals surface area contributed by atoms with Crippen LogP contribution in [-0.4, -0.2) is 5.97 Å². The van der Waals surface area contributed by atoms with Gasteiger partial charge >= 0.3 is 5.97 Å². The summed E-state index contributed by atoms with van der Waals surface area (Å²) in [6.45, 7) is 6.99. The maximum absolute atomic E-state index is 11.2. The largest absolute Gasteiger partial charge is 0.421 e. The quantitative estimate of drug-likeness (QED) is 0.337. The van der Waals surface area contributed by atoms with Gasteiger partial charge in [0.2, 0.25) is 0 Å². The summed E-state index contributed by atoms with van der Waals surface area (Å²) in [5.74, 6) is -0.0795. The highest BCUT2D eigenvalue weighted by Crippen LogP contribution is 2.22. The Morgan fingerprint density at radius 2 is 2.14 bits per heavy atom. The van der Waals surface area contributed by atoms with Gasteiger partial charge in [0.05, 0.1) is 5.69 Å². The van der Waals surface area contributed by atoms with Crippen LogP contribution in [0.15, 0.2) is 30.4 Å². The number of esters is 1. The van der Waals surface area contributed by atoms with E-state index in [9.17, 15) is 4.79 Å². The summed E-state index contributed by atoms with van der Waals surface area (Å²) in [7, 11) is 0. The van der Waals surface area contributed by atoms with Gasteiger partial charge in [-0.1, -0.05) is 12.6 Å². The molecule has 0 radical (unpaired) electrons. The van der Waals surface area contributed by atoms with Crippen molar-refractivity contribution in [2.45, 2.75) is 13.8 Å². The SMILES string of the molecule is C=C(C)C(=O)Oc1ccc(C)cc1N. The van der Waals surface area contributed by atoms with Gasteiger partial charge in [-0.15, -0.1) is 0 Å². The normalized spacial score (nSPS) is 9.57. The topological polar surface area (TPSA) is 52.3 Å². The van der Waals surface area contributed by atoms with E-state index >= 15 is 0 Å². The molecule has 0 aliphatic carbocycles. The van der Waals surface area contributed by atoms with Crippen molar-refractivity contribution < 1.29 is 9.53 Å². The Morgan fingerprint density at radius 1 is 1.50 bits per heavy atom. The first-order valence-electron chi connectivity index (χ1n) is 4.24. The van der Waals surface area contributed by atoms with Crippen molar-refractivity contribution in [3.8, 4) is 5.75 Å². The molecule has 1 rings (SSSR count). The van der Waals surface area contributed by atoms with Gasteiger partial charge in [-0.3, -0.25) is 0 Å². The molecular formula is C11H13NO2. The molecule has 0 aliphatic heterocycles. The Labute approximate surface area is 83.2 Å². The van der Waals surface area contributed by atoms with Crippen LogP contribution in [0.5, 0.6) is 5.75 Å². The molecule has 0 aliphatic rings. The van der Waals surface area contributed by atoms with Gasteiger partial charge in [0.25, 0.3) is 0 Å². The first kappa shape index (κ1) is 10.3. The predicted molar refractivity (Wildman–Crippen MR) is 56.0 cm³/mol. The summed E-state index contributed by atoms with van der Waals surface area (Å²) in [6, 6.07) is 5.25. The lowest BCUT2D eigenvalue weighted by Gasteiger charge is -2.06. The second-order valence-corrected chi connectivity index (χ2v) is 3.21. The van der Waals surface area contributed by atoms with E-state index in [-0.39, 0.29) is 0 Å². The van der Waals surface area contributed by atoms with Gasteiger partial charge in [0, 0.05) is 5.57 Å². The molecule has 1 aromatic carbocycles. The van der Waals surface area contributed by atoms with Crippen molar-refractivity contribution in [3.05, 3.63) is 35.9 Å². The second kappa shape index (κ2) is 3.96. The number of hydrogen-bond acceptors (Lipinski definition) is 3. The lowest BCUT2D eigenvalue weighted by Crippen LogP contribution is -2.09. The first-order chi connectivity index (χ1) is 6.50. The average molecular weight is 191 g/mol. The molecule has 3 heteroatoms. The highest BCUT2D eigenvalue weighted by Gasteiger charge is 2.07. The van der Waals surface area contributed by atoms with E-state index in [1.807, 2.05) is 13.0 Å². The number of hydrogen-bond donors (Lipinski definition) is 1. The Hall–Kier alpha value is -1.77. The number of ether oxygens (including phenoxy) is 1. The molecule has 1 aromatic rings. The Morgan fingerprint density at radius 3 is 2.64 bits per heavy atom. The van der Waals surface area contributed by atoms with E-state index in [2.05, 4.69) is 6.58 Å². The molecule has 3 nitrogen and oxygen atoms in total. The number of nitrogen functional groups attached to an aromatic ring is 1. The molecule has 0 heterocycles. The number of aryl methyl sites for hydroxylation is 1. The minimum absolute atomic E-state index is 0.352. The van der Waals surface area contributed by atoms with Crippen LogP contribution in [0.2, 0.25) is 0 Å². The zero-order chi connectivity index (χ0) is 10.7. The van der Waals surface area contributed by atoms with Crippen LogP contribution >= 0.6 is 0 Å². The van der Waals surface area contributed by atoms with Gasteiger partial charge in [-0.2, -0.15) is 0 Å². The lowest BCUT2D eigenvalue weighted by atomic mass is 10.2. The smallest absolute Gasteiger partial charge is 0.338 e. The fraction of sp³-hybridized carbons (Fsp3) is 0.182. The molecule has 0 saturated carbocycles. The minimum Gasteiger partial charge on any atom is -0.421 e. The van der Waals surface area contributed by atoms with Crippen LogP contribution in [0, 0.1) is 6.92 Å². The average Bonchev–Trinajstić information content (AvgIpc) is 2.09. The van der Waals surface area contributed by atoms with Crippen LogP contribution in [0.4, 0.5) is 5.69 Å². The molecule has 0 saturated heterocycles. The molecule has 14 heavy (non-hydrogen) atoms. The Bertz CT molecular complexity index is 383. The van der Waals surface area contributed by atoms with Crippen molar-refractivity contribution in [1.82, 2.24) is 0 Å². The van der Waals surface area contributed by atoms with E-state index < -0.39 is 5.97 Å². The van der Waals surface area contributed by atoms with Crippen LogP contribution < -0.4 is 10.5 Å². The maximum atomic E-state index is 11.2. The summed E-state index contributed by atoms with van der Waals surface area (Å²) in [5.41, 5.74) is 7.50. The van der Waals surface area contributed by atoms with Crippen molar-refractivity contribution in [1.29, 1.82) is 0 Å². The molecule has 0 unspecified atom stereocenters. The van der Waals surface area contributed by atoms with Crippen molar-refractivity contribution >= 4 is 11.7 Å². The highest BCUT2D eigenvalue weighted by molar-refractivity contribution is 5.89. The molecule has 2 N–H and O–H groups in total. The van der Waals surface area contributed by atoms with Crippen molar-refractivity contribution in [2.75, 3.05) is 5.73 Å². The molecule has 0 fully saturated rings. The third kappa shape index (κ3) is 2.36. The van der Waals surface area contributed by atoms with Crippen LogP contribution in [0.25, 0.3) is 0 Å². The standard InChI is InChI=1S/C11H13NO2/c1-7(2)11(13)14-10-5-4-8(3)6-9(10)12/h4-6H,1,12H2,2-3H3. The van der Waals surface area contributed by atoms with Crippen LogP contribution in [0.1, 0.15) is 12.5 Å². The number of rotatable bonds is 2. The highest BCUT2D eigenvalue weighted by atomic mass is 16.5. The molecule has 74 valence electrons. The first-order valence-corrected chi connectivity index (χ1v) is 4.24. The fourth-order valence-corrected chi connectivity index (χ4v) is 0.948. The number of benzene rings is 1. The minimum atomic E-state index is -0.458. The van der Waals surface area contributed by atoms with E-state index in [4.69, 9.17) is 10.5 Å². The van der Waals surface area contributed by atoms with Gasteiger partial charge in [-0.05, 0) is 31.5 Å². The number of carbonyl (C=O) groups excluding carboxylic acids is 1. The van der Waals surface area contributed by atoms with Crippen molar-refractivity contribution in [2.24, 2.45) is 0 Å². The number of carbonyl (C=O) groups is 1. The molecule has 0 aromatic heterocycles. The molecular weight excluding hydrogens is 178 g/mol. The van der Waals surface area contributed by atoms with E-state index in [0.29, 0.717) is 17.0 Å². The Kier molecular flexibility index (Phi) is 2.92. The zero-order valence-corrected chi connectivity index (χ0v) is 8.33. The molecule has 0 spiro atoms. The van der Waals surface area contributed by atoms with E-state index in [1.54, 1.807) is 19.1 Å². The third-order valence-electron chi connectivity index (χ3n) is 1.72. The summed E-state index contributed by atoms with van der Waals surface area (Å²) in [5, 5.41) is 0. The summed E-state index contributed by atoms with van der Waals surface area (Å²) < 4.78 is 5.00. The van der Waals surface area contributed by atoms with Gasteiger partial charge < -0.3 is 10.5 Å². The van der Waals surface area contributed by atoms with Gasteiger partial charge in [-0.25, -0.2) is 4.79 Å². The summed E-state index contributed by atoms with van der Waals surface area (Å²) >= 11 is 0. The third-order valence-corrected chi connectivity index (χ3v) is 1.72. The zero-order valence-electron chi connectivity index (χ0n) is 8.33. The van der Waals surface area contributed by atoms with E-state index in [0.717, 1.165) is 5.56 Å². The monoisotopic (exact) mass is 191 g/mol. The number of anilines is 1. The van der Waals surface area contributed by atoms with Crippen molar-refractivity contribution in [3.63, 3.8) is 0 Å². The summed E-state index contributed by atoms with van der Waals surface area (Å²) in [6.07, 6.45) is 0. The molecule has 0 bridgehead atoms. The Balaban J connectivity index is 2.87. The second-order valence-electron chi connectivity index (χ2n) is 3.21. The van der Waals surface area contributed by atoms with Crippen LogP contribution in [0.3, 0.4) is 0 Å². The predicted octanol–water partition coefficient (Wildman–Crippen LogP) is 2.06. The maximum Gasteiger partial charge on any atom is 0.338 e. The lowest BCUT2D eigenvalue weighted by molar-refractivity contribution is -0.130. The van der Waals surface area contributed by atoms with Gasteiger partial charge in [0.1, 0.15) is 0 Å². The fourth-order valence-electron chi connectivity index (χ4n) is 0.948. The molecule has 0 atom stereocenters. The summed E-state index contributed by atoms with van der Waals surface area (Å²) in [4.78, 5) is 11.2. The number of nitrogens with two attached hydrogens (primary N) is 1. The van der Waals surface area contributed by atoms with Gasteiger partial charge in [0.15, 0.2) is 5.75 Å². The van der Waals surface area contributed by atoms with E-state index in [1.165, 1.54) is 0 Å². The van der Waals surface area contributed by atoms with Crippen LogP contribution in [-0.2, 0) is 4.79 Å². The molecule has 0 amide bonds.